The van der Waals surface area contributed by atoms with E-state index in [1.54, 1.807) is 18.8 Å². The molecule has 0 aliphatic rings. The monoisotopic (exact) mass is 418 g/mol. The van der Waals surface area contributed by atoms with Crippen LogP contribution < -0.4 is 5.32 Å². The van der Waals surface area contributed by atoms with Crippen LogP contribution in [0.25, 0.3) is 0 Å². The fourth-order valence-electron chi connectivity index (χ4n) is 2.99. The fraction of sp³-hybridized carbons (Fsp3) is 0.364. The molecule has 2 aromatic carbocycles. The molecule has 0 bridgehead atoms. The van der Waals surface area contributed by atoms with Gasteiger partial charge in [0.25, 0.3) is 0 Å². The molecule has 6 heteroatoms. The lowest BCUT2D eigenvalue weighted by atomic mass is 10.1. The number of hydrogen-bond acceptors (Lipinski definition) is 3. The van der Waals surface area contributed by atoms with Crippen LogP contribution in [0.2, 0.25) is 5.02 Å². The highest BCUT2D eigenvalue weighted by Gasteiger charge is 2.14. The molecule has 2 amide bonds. The van der Waals surface area contributed by atoms with Crippen LogP contribution in [0.4, 0.5) is 5.69 Å². The van der Waals surface area contributed by atoms with E-state index < -0.39 is 0 Å². The van der Waals surface area contributed by atoms with Gasteiger partial charge in [0, 0.05) is 29.1 Å². The van der Waals surface area contributed by atoms with Crippen LogP contribution in [0.1, 0.15) is 29.5 Å². The van der Waals surface area contributed by atoms with E-state index in [1.165, 1.54) is 4.90 Å². The van der Waals surface area contributed by atoms with Crippen LogP contribution in [0, 0.1) is 20.8 Å². The number of nitrogens with one attached hydrogen (secondary N) is 1. The number of carbonyl (C=O) groups is 2. The highest BCUT2D eigenvalue weighted by Crippen LogP contribution is 2.22. The molecule has 0 aromatic heterocycles. The van der Waals surface area contributed by atoms with Crippen molar-refractivity contribution in [2.75, 3.05) is 24.7 Å². The second kappa shape index (κ2) is 10.5. The van der Waals surface area contributed by atoms with Gasteiger partial charge in [-0.15, -0.1) is 11.8 Å². The maximum atomic E-state index is 12.3. The van der Waals surface area contributed by atoms with Crippen LogP contribution in [0.15, 0.2) is 41.3 Å². The van der Waals surface area contributed by atoms with Crippen molar-refractivity contribution < 1.29 is 9.59 Å². The van der Waals surface area contributed by atoms with Crippen LogP contribution >= 0.6 is 23.4 Å². The van der Waals surface area contributed by atoms with Gasteiger partial charge in [-0.25, -0.2) is 0 Å². The van der Waals surface area contributed by atoms with E-state index in [1.807, 2.05) is 57.2 Å². The summed E-state index contributed by atoms with van der Waals surface area (Å²) in [5.41, 5.74) is 4.05. The zero-order chi connectivity index (χ0) is 20.7. The first-order valence-electron chi connectivity index (χ1n) is 9.26. The Kier molecular flexibility index (Phi) is 8.39. The molecule has 0 radical (unpaired) electrons. The lowest BCUT2D eigenvalue weighted by Crippen LogP contribution is -2.35. The van der Waals surface area contributed by atoms with Gasteiger partial charge in [0.2, 0.25) is 11.8 Å². The van der Waals surface area contributed by atoms with E-state index in [9.17, 15) is 9.59 Å². The van der Waals surface area contributed by atoms with E-state index in [0.717, 1.165) is 44.5 Å². The number of halogens is 1. The largest absolute Gasteiger partial charge is 0.336 e. The third-order valence-corrected chi connectivity index (χ3v) is 5.72. The van der Waals surface area contributed by atoms with E-state index in [0.29, 0.717) is 6.42 Å². The molecule has 0 saturated carbocycles. The average Bonchev–Trinajstić information content (AvgIpc) is 2.63. The van der Waals surface area contributed by atoms with E-state index in [-0.39, 0.29) is 18.4 Å². The second-order valence-corrected chi connectivity index (χ2v) is 8.58. The quantitative estimate of drug-likeness (QED) is 0.471. The smallest absolute Gasteiger partial charge is 0.243 e. The standard InChI is InChI=1S/C22H27ClN2O2S/c1-15-12-16(2)22(17(3)13-15)24-20(26)14-25(4)21(27)6-5-11-28-19-9-7-18(23)8-10-19/h7-10,12-13H,5-6,11,14H2,1-4H3,(H,24,26). The predicted octanol–water partition coefficient (Wildman–Crippen LogP) is 5.23. The summed E-state index contributed by atoms with van der Waals surface area (Å²) in [6.07, 6.45) is 1.18. The molecular formula is C22H27ClN2O2S. The van der Waals surface area contributed by atoms with Gasteiger partial charge in [-0.3, -0.25) is 9.59 Å². The Labute approximate surface area is 176 Å². The minimum atomic E-state index is -0.179. The molecule has 150 valence electrons. The van der Waals surface area contributed by atoms with E-state index in [2.05, 4.69) is 5.32 Å². The van der Waals surface area contributed by atoms with Crippen molar-refractivity contribution in [1.29, 1.82) is 0 Å². The van der Waals surface area contributed by atoms with Crippen LogP contribution in [-0.4, -0.2) is 36.1 Å². The third-order valence-electron chi connectivity index (χ3n) is 4.37. The first-order valence-corrected chi connectivity index (χ1v) is 10.6. The van der Waals surface area contributed by atoms with Gasteiger partial charge in [-0.1, -0.05) is 29.3 Å². The summed E-state index contributed by atoms with van der Waals surface area (Å²) in [5, 5.41) is 3.66. The first-order chi connectivity index (χ1) is 13.3. The molecule has 0 spiro atoms. The number of amides is 2. The number of aryl methyl sites for hydroxylation is 3. The van der Waals surface area contributed by atoms with Crippen LogP contribution in [0.5, 0.6) is 0 Å². The summed E-state index contributed by atoms with van der Waals surface area (Å²) in [7, 11) is 1.67. The Morgan fingerprint density at radius 2 is 1.68 bits per heavy atom. The first kappa shape index (κ1) is 22.3. The molecule has 0 aliphatic heterocycles. The molecule has 2 aromatic rings. The maximum Gasteiger partial charge on any atom is 0.243 e. The second-order valence-electron chi connectivity index (χ2n) is 6.98. The van der Waals surface area contributed by atoms with Crippen molar-refractivity contribution in [1.82, 2.24) is 4.90 Å². The Morgan fingerprint density at radius 1 is 1.07 bits per heavy atom. The van der Waals surface area contributed by atoms with E-state index >= 15 is 0 Å². The van der Waals surface area contributed by atoms with Gasteiger partial charge in [0.05, 0.1) is 6.54 Å². The van der Waals surface area contributed by atoms with Crippen molar-refractivity contribution in [3.05, 3.63) is 58.1 Å². The molecule has 4 nitrogen and oxygen atoms in total. The molecule has 28 heavy (non-hydrogen) atoms. The van der Waals surface area contributed by atoms with Gasteiger partial charge >= 0.3 is 0 Å². The number of nitrogens with zero attached hydrogens (tertiary/aromatic N) is 1. The molecular weight excluding hydrogens is 392 g/mol. The molecule has 0 heterocycles. The van der Waals surface area contributed by atoms with Crippen molar-refractivity contribution in [2.24, 2.45) is 0 Å². The summed E-state index contributed by atoms with van der Waals surface area (Å²) in [4.78, 5) is 27.2. The van der Waals surface area contributed by atoms with E-state index in [4.69, 9.17) is 11.6 Å². The number of hydrogen-bond donors (Lipinski definition) is 1. The number of rotatable bonds is 8. The van der Waals surface area contributed by atoms with Crippen molar-refractivity contribution in [2.45, 2.75) is 38.5 Å². The molecule has 0 atom stereocenters. The summed E-state index contributed by atoms with van der Waals surface area (Å²) < 4.78 is 0. The topological polar surface area (TPSA) is 49.4 Å². The van der Waals surface area contributed by atoms with Gasteiger partial charge in [-0.05, 0) is 68.3 Å². The molecule has 0 unspecified atom stereocenters. The van der Waals surface area contributed by atoms with Crippen molar-refractivity contribution in [3.63, 3.8) is 0 Å². The van der Waals surface area contributed by atoms with Crippen LogP contribution in [-0.2, 0) is 9.59 Å². The predicted molar refractivity (Wildman–Crippen MR) is 118 cm³/mol. The average molecular weight is 419 g/mol. The Bertz CT molecular complexity index is 814. The highest BCUT2D eigenvalue weighted by atomic mass is 35.5. The molecule has 2 rings (SSSR count). The van der Waals surface area contributed by atoms with Gasteiger partial charge < -0.3 is 10.2 Å². The summed E-state index contributed by atoms with van der Waals surface area (Å²) in [5.74, 6) is 0.639. The zero-order valence-corrected chi connectivity index (χ0v) is 18.4. The molecule has 0 saturated heterocycles. The fourth-order valence-corrected chi connectivity index (χ4v) is 3.97. The number of thioether (sulfide) groups is 1. The lowest BCUT2D eigenvalue weighted by Gasteiger charge is -2.18. The van der Waals surface area contributed by atoms with Gasteiger partial charge in [0.1, 0.15) is 0 Å². The highest BCUT2D eigenvalue weighted by molar-refractivity contribution is 7.99. The Morgan fingerprint density at radius 3 is 2.29 bits per heavy atom. The zero-order valence-electron chi connectivity index (χ0n) is 16.8. The van der Waals surface area contributed by atoms with Crippen molar-refractivity contribution in [3.8, 4) is 0 Å². The number of carbonyl (C=O) groups excluding carboxylic acids is 2. The van der Waals surface area contributed by atoms with Crippen molar-refractivity contribution >= 4 is 40.9 Å². The number of anilines is 1. The summed E-state index contributed by atoms with van der Waals surface area (Å²) in [6, 6.07) is 11.7. The number of benzene rings is 2. The normalized spacial score (nSPS) is 10.6. The molecule has 1 N–H and O–H groups in total. The Hall–Kier alpha value is -1.98. The Balaban J connectivity index is 1.75. The lowest BCUT2D eigenvalue weighted by molar-refractivity contribution is -0.133. The maximum absolute atomic E-state index is 12.3. The third kappa shape index (κ3) is 6.88. The summed E-state index contributed by atoms with van der Waals surface area (Å²) >= 11 is 7.57. The molecule has 0 aliphatic carbocycles. The van der Waals surface area contributed by atoms with Gasteiger partial charge in [-0.2, -0.15) is 0 Å². The number of likely N-dealkylation sites (N-methyl/N-ethyl adjacent to an activating group) is 1. The van der Waals surface area contributed by atoms with Gasteiger partial charge in [0.15, 0.2) is 0 Å². The minimum Gasteiger partial charge on any atom is -0.336 e. The minimum absolute atomic E-state index is 0.0239. The SMILES string of the molecule is Cc1cc(C)c(NC(=O)CN(C)C(=O)CCCSc2ccc(Cl)cc2)c(C)c1. The summed E-state index contributed by atoms with van der Waals surface area (Å²) in [6.45, 7) is 6.03. The molecule has 0 fully saturated rings. The van der Waals surface area contributed by atoms with Crippen LogP contribution in [0.3, 0.4) is 0 Å².